The van der Waals surface area contributed by atoms with Crippen LogP contribution in [0.2, 0.25) is 0 Å². The van der Waals surface area contributed by atoms with E-state index in [1.54, 1.807) is 4.90 Å². The highest BCUT2D eigenvalue weighted by Gasteiger charge is 2.29. The van der Waals surface area contributed by atoms with Crippen LogP contribution >= 0.6 is 0 Å². The van der Waals surface area contributed by atoms with Crippen LogP contribution in [0.1, 0.15) is 40.5 Å². The Morgan fingerprint density at radius 1 is 1.14 bits per heavy atom. The molecule has 0 spiro atoms. The molecule has 0 aromatic rings. The minimum absolute atomic E-state index is 0.0666. The van der Waals surface area contributed by atoms with E-state index in [1.807, 2.05) is 46.7 Å². The van der Waals surface area contributed by atoms with Crippen molar-refractivity contribution in [2.45, 2.75) is 46.6 Å². The van der Waals surface area contributed by atoms with Gasteiger partial charge < -0.3 is 20.2 Å². The van der Waals surface area contributed by atoms with Crippen LogP contribution in [0.3, 0.4) is 0 Å². The molecule has 0 rings (SSSR count). The van der Waals surface area contributed by atoms with Gasteiger partial charge in [-0.1, -0.05) is 27.7 Å². The van der Waals surface area contributed by atoms with E-state index in [1.165, 1.54) is 0 Å². The molecule has 6 heteroatoms. The number of amides is 2. The molecule has 0 aromatic heterocycles. The normalized spacial score (nSPS) is 13.1. The molecule has 124 valence electrons. The molecule has 6 nitrogen and oxygen atoms in total. The first kappa shape index (κ1) is 19.7. The van der Waals surface area contributed by atoms with Crippen molar-refractivity contribution in [1.29, 1.82) is 0 Å². The van der Waals surface area contributed by atoms with Gasteiger partial charge in [-0.05, 0) is 25.9 Å². The Kier molecular flexibility index (Phi) is 8.32. The summed E-state index contributed by atoms with van der Waals surface area (Å²) in [4.78, 5) is 27.1. The molecule has 0 aliphatic rings. The molecule has 21 heavy (non-hydrogen) atoms. The zero-order valence-electron chi connectivity index (χ0n) is 14.3. The smallest absolute Gasteiger partial charge is 0.317 e. The van der Waals surface area contributed by atoms with Crippen LogP contribution in [-0.2, 0) is 4.79 Å². The molecule has 0 radical (unpaired) electrons. The molecular formula is C15H31N3O3. The van der Waals surface area contributed by atoms with E-state index in [2.05, 4.69) is 5.32 Å². The zero-order valence-corrected chi connectivity index (χ0v) is 14.3. The first-order chi connectivity index (χ1) is 9.57. The van der Waals surface area contributed by atoms with Crippen molar-refractivity contribution < 1.29 is 14.7 Å². The number of aliphatic carboxylic acids is 1. The Balaban J connectivity index is 4.77. The fraction of sp³-hybridized carbons (Fsp3) is 0.867. The summed E-state index contributed by atoms with van der Waals surface area (Å²) < 4.78 is 0. The molecule has 2 amide bonds. The lowest BCUT2D eigenvalue weighted by molar-refractivity contribution is -0.138. The molecule has 1 unspecified atom stereocenters. The summed E-state index contributed by atoms with van der Waals surface area (Å²) in [5.41, 5.74) is -0.298. The number of hydrogen-bond donors (Lipinski definition) is 2. The molecule has 0 aliphatic carbocycles. The number of rotatable bonds is 8. The quantitative estimate of drug-likeness (QED) is 0.718. The van der Waals surface area contributed by atoms with Gasteiger partial charge in [-0.15, -0.1) is 0 Å². The largest absolute Gasteiger partial charge is 0.481 e. The van der Waals surface area contributed by atoms with E-state index in [4.69, 9.17) is 5.11 Å². The van der Waals surface area contributed by atoms with Crippen LogP contribution in [-0.4, -0.2) is 66.7 Å². The van der Waals surface area contributed by atoms with E-state index < -0.39 is 5.97 Å². The van der Waals surface area contributed by atoms with Crippen LogP contribution in [0.15, 0.2) is 0 Å². The fourth-order valence-corrected chi connectivity index (χ4v) is 1.89. The molecule has 0 fully saturated rings. The van der Waals surface area contributed by atoms with Gasteiger partial charge in [-0.2, -0.15) is 0 Å². The van der Waals surface area contributed by atoms with Crippen LogP contribution < -0.4 is 5.32 Å². The molecular weight excluding hydrogens is 270 g/mol. The van der Waals surface area contributed by atoms with Gasteiger partial charge in [0.1, 0.15) is 0 Å². The second-order valence-electron chi connectivity index (χ2n) is 6.76. The first-order valence-corrected chi connectivity index (χ1v) is 7.49. The molecule has 0 heterocycles. The van der Waals surface area contributed by atoms with Gasteiger partial charge in [-0.25, -0.2) is 4.79 Å². The van der Waals surface area contributed by atoms with Crippen LogP contribution in [0.25, 0.3) is 0 Å². The summed E-state index contributed by atoms with van der Waals surface area (Å²) in [6.07, 6.45) is 0.808. The summed E-state index contributed by atoms with van der Waals surface area (Å²) >= 11 is 0. The highest BCUT2D eigenvalue weighted by molar-refractivity contribution is 5.76. The van der Waals surface area contributed by atoms with Crippen molar-refractivity contribution in [1.82, 2.24) is 15.1 Å². The second-order valence-corrected chi connectivity index (χ2v) is 6.76. The number of hydrogen-bond acceptors (Lipinski definition) is 3. The van der Waals surface area contributed by atoms with Crippen molar-refractivity contribution in [3.8, 4) is 0 Å². The van der Waals surface area contributed by atoms with Gasteiger partial charge in [0.2, 0.25) is 0 Å². The van der Waals surface area contributed by atoms with Gasteiger partial charge in [0.15, 0.2) is 0 Å². The minimum Gasteiger partial charge on any atom is -0.481 e. The van der Waals surface area contributed by atoms with E-state index in [9.17, 15) is 9.59 Å². The van der Waals surface area contributed by atoms with Crippen molar-refractivity contribution in [2.24, 2.45) is 5.41 Å². The lowest BCUT2D eigenvalue weighted by Gasteiger charge is -2.33. The lowest BCUT2D eigenvalue weighted by Crippen LogP contribution is -2.51. The lowest BCUT2D eigenvalue weighted by atomic mass is 9.85. The monoisotopic (exact) mass is 301 g/mol. The predicted molar refractivity (Wildman–Crippen MR) is 84.4 cm³/mol. The van der Waals surface area contributed by atoms with E-state index >= 15 is 0 Å². The zero-order chi connectivity index (χ0) is 16.6. The number of carboxylic acids is 1. The van der Waals surface area contributed by atoms with Crippen molar-refractivity contribution >= 4 is 12.0 Å². The predicted octanol–water partition coefficient (Wildman–Crippen LogP) is 1.86. The van der Waals surface area contributed by atoms with E-state index in [0.717, 1.165) is 13.0 Å². The summed E-state index contributed by atoms with van der Waals surface area (Å²) in [5, 5.41) is 11.9. The Hall–Kier alpha value is -1.30. The number of carbonyl (C=O) groups excluding carboxylic acids is 1. The molecule has 0 aliphatic heterocycles. The van der Waals surface area contributed by atoms with Crippen LogP contribution in [0.4, 0.5) is 4.79 Å². The molecule has 0 bridgehead atoms. The molecule has 1 atom stereocenters. The summed E-state index contributed by atoms with van der Waals surface area (Å²) in [5.74, 6) is -0.898. The Labute approximate surface area is 128 Å². The van der Waals surface area contributed by atoms with E-state index in [-0.39, 0.29) is 23.9 Å². The number of nitrogens with zero attached hydrogens (tertiary/aromatic N) is 2. The maximum Gasteiger partial charge on any atom is 0.317 e. The highest BCUT2D eigenvalue weighted by atomic mass is 16.4. The van der Waals surface area contributed by atoms with Crippen LogP contribution in [0, 0.1) is 5.41 Å². The standard InChI is InChI=1S/C15H31N3O3/c1-7-8-18(10-9-17(5)6)14(21)16-12(11-13(19)20)15(2,3)4/h12H,7-11H2,1-6H3,(H,16,21)(H,19,20). The second kappa shape index (κ2) is 8.87. The average Bonchev–Trinajstić information content (AvgIpc) is 2.31. The topological polar surface area (TPSA) is 72.9 Å². The highest BCUT2D eigenvalue weighted by Crippen LogP contribution is 2.22. The average molecular weight is 301 g/mol. The van der Waals surface area contributed by atoms with Crippen LogP contribution in [0.5, 0.6) is 0 Å². The number of urea groups is 1. The first-order valence-electron chi connectivity index (χ1n) is 7.49. The van der Waals surface area contributed by atoms with Gasteiger partial charge in [-0.3, -0.25) is 4.79 Å². The number of carboxylic acid groups (broad SMARTS) is 1. The third kappa shape index (κ3) is 8.55. The van der Waals surface area contributed by atoms with E-state index in [0.29, 0.717) is 13.1 Å². The molecule has 0 saturated heterocycles. The number of likely N-dealkylation sites (N-methyl/N-ethyl adjacent to an activating group) is 1. The van der Waals surface area contributed by atoms with Gasteiger partial charge in [0.05, 0.1) is 6.42 Å². The van der Waals surface area contributed by atoms with Crippen molar-refractivity contribution in [2.75, 3.05) is 33.7 Å². The molecule has 2 N–H and O–H groups in total. The van der Waals surface area contributed by atoms with Gasteiger partial charge >= 0.3 is 12.0 Å². The Morgan fingerprint density at radius 2 is 1.71 bits per heavy atom. The van der Waals surface area contributed by atoms with Gasteiger partial charge in [0.25, 0.3) is 0 Å². The summed E-state index contributed by atoms with van der Waals surface area (Å²) in [6, 6.07) is -0.568. The SMILES string of the molecule is CCCN(CCN(C)C)C(=O)NC(CC(=O)O)C(C)(C)C. The fourth-order valence-electron chi connectivity index (χ4n) is 1.89. The van der Waals surface area contributed by atoms with Gasteiger partial charge in [0, 0.05) is 25.7 Å². The number of carbonyl (C=O) groups is 2. The molecule has 0 aromatic carbocycles. The Bertz CT molecular complexity index is 338. The third-order valence-corrected chi connectivity index (χ3v) is 3.32. The van der Waals surface area contributed by atoms with Crippen molar-refractivity contribution in [3.63, 3.8) is 0 Å². The maximum absolute atomic E-state index is 12.4. The number of nitrogens with one attached hydrogen (secondary N) is 1. The summed E-state index contributed by atoms with van der Waals surface area (Å²) in [7, 11) is 3.93. The minimum atomic E-state index is -0.898. The maximum atomic E-state index is 12.4. The molecule has 0 saturated carbocycles. The van der Waals surface area contributed by atoms with Crippen molar-refractivity contribution in [3.05, 3.63) is 0 Å². The Morgan fingerprint density at radius 3 is 2.10 bits per heavy atom. The summed E-state index contributed by atoms with van der Waals surface area (Å²) in [6.45, 7) is 9.92. The third-order valence-electron chi connectivity index (χ3n) is 3.32.